The number of rotatable bonds is 3. The summed E-state index contributed by atoms with van der Waals surface area (Å²) < 4.78 is 43.7. The number of hydrogen-bond donors (Lipinski definition) is 1. The predicted molar refractivity (Wildman–Crippen MR) is 81.8 cm³/mol. The van der Waals surface area contributed by atoms with Crippen LogP contribution < -0.4 is 10.1 Å². The maximum absolute atomic E-state index is 12.8. The summed E-state index contributed by atoms with van der Waals surface area (Å²) in [5, 5.41) is 3.30. The number of hydrogen-bond acceptors (Lipinski definition) is 2. The van der Waals surface area contributed by atoms with Crippen LogP contribution >= 0.6 is 0 Å². The first-order chi connectivity index (χ1) is 10.4. The van der Waals surface area contributed by atoms with Gasteiger partial charge in [-0.05, 0) is 50.1 Å². The van der Waals surface area contributed by atoms with E-state index < -0.39 is 11.7 Å². The lowest BCUT2D eigenvalue weighted by molar-refractivity contribution is -0.137. The molecule has 0 saturated heterocycles. The number of methoxy groups -OCH3 is 1. The van der Waals surface area contributed by atoms with E-state index in [2.05, 4.69) is 12.2 Å². The molecule has 5 heteroatoms. The average Bonchev–Trinajstić information content (AvgIpc) is 2.49. The number of alkyl halides is 3. The van der Waals surface area contributed by atoms with Gasteiger partial charge in [-0.2, -0.15) is 13.2 Å². The molecule has 1 aliphatic rings. The van der Waals surface area contributed by atoms with Crippen LogP contribution in [0, 0.1) is 0 Å². The topological polar surface area (TPSA) is 21.3 Å². The fourth-order valence-electron chi connectivity index (χ4n) is 2.70. The van der Waals surface area contributed by atoms with Crippen LogP contribution in [-0.2, 0) is 6.18 Å². The van der Waals surface area contributed by atoms with E-state index in [1.165, 1.54) is 18.7 Å². The van der Waals surface area contributed by atoms with Crippen molar-refractivity contribution in [2.45, 2.75) is 26.4 Å². The smallest absolute Gasteiger partial charge is 0.416 e. The third-order valence-electron chi connectivity index (χ3n) is 3.93. The highest BCUT2D eigenvalue weighted by Gasteiger charge is 2.31. The molecular weight excluding hydrogens is 291 g/mol. The third-order valence-corrected chi connectivity index (χ3v) is 3.93. The molecule has 1 N–H and O–H groups in total. The number of nitrogens with one attached hydrogen (secondary N) is 1. The maximum atomic E-state index is 12.8. The van der Waals surface area contributed by atoms with Crippen molar-refractivity contribution in [1.29, 1.82) is 0 Å². The minimum absolute atomic E-state index is 0.244. The quantitative estimate of drug-likeness (QED) is 0.892. The van der Waals surface area contributed by atoms with E-state index >= 15 is 0 Å². The zero-order valence-corrected chi connectivity index (χ0v) is 13.0. The standard InChI is InChI=1S/C17H20F3NO/c1-4-13(15-10-21-8-7-11(15)2)14-6-5-12(17(18,19)20)9-16(14)22-3/h4-6,9,21H,7-8,10H2,1-3H3. The molecule has 1 heterocycles. The fraction of sp³-hybridized carbons (Fsp3) is 0.412. The highest BCUT2D eigenvalue weighted by molar-refractivity contribution is 5.83. The molecule has 0 fully saturated rings. The molecule has 0 spiro atoms. The minimum atomic E-state index is -4.37. The van der Waals surface area contributed by atoms with Gasteiger partial charge in [-0.25, -0.2) is 0 Å². The molecular formula is C17H20F3NO. The Kier molecular flexibility index (Phi) is 4.96. The van der Waals surface area contributed by atoms with Crippen molar-refractivity contribution in [3.8, 4) is 5.75 Å². The van der Waals surface area contributed by atoms with Gasteiger partial charge in [-0.3, -0.25) is 0 Å². The van der Waals surface area contributed by atoms with Crippen molar-refractivity contribution in [2.24, 2.45) is 0 Å². The first-order valence-corrected chi connectivity index (χ1v) is 7.20. The summed E-state index contributed by atoms with van der Waals surface area (Å²) in [7, 11) is 1.40. The highest BCUT2D eigenvalue weighted by Crippen LogP contribution is 2.38. The van der Waals surface area contributed by atoms with E-state index in [0.717, 1.165) is 42.8 Å². The van der Waals surface area contributed by atoms with E-state index in [1.807, 2.05) is 13.0 Å². The first-order valence-electron chi connectivity index (χ1n) is 7.20. The average molecular weight is 311 g/mol. The Bertz CT molecular complexity index is 615. The second-order valence-electron chi connectivity index (χ2n) is 5.30. The van der Waals surface area contributed by atoms with Crippen molar-refractivity contribution < 1.29 is 17.9 Å². The van der Waals surface area contributed by atoms with Crippen LogP contribution in [0.2, 0.25) is 0 Å². The first kappa shape index (κ1) is 16.6. The fourth-order valence-corrected chi connectivity index (χ4v) is 2.70. The second kappa shape index (κ2) is 6.57. The lowest BCUT2D eigenvalue weighted by atomic mass is 9.90. The van der Waals surface area contributed by atoms with Crippen LogP contribution in [0.25, 0.3) is 5.57 Å². The highest BCUT2D eigenvalue weighted by atomic mass is 19.4. The van der Waals surface area contributed by atoms with Gasteiger partial charge in [0.1, 0.15) is 5.75 Å². The molecule has 1 aromatic rings. The predicted octanol–water partition coefficient (Wildman–Crippen LogP) is 4.43. The summed E-state index contributed by atoms with van der Waals surface area (Å²) in [6.07, 6.45) is -1.50. The van der Waals surface area contributed by atoms with Gasteiger partial charge in [-0.15, -0.1) is 0 Å². The van der Waals surface area contributed by atoms with Gasteiger partial charge in [-0.1, -0.05) is 17.7 Å². The maximum Gasteiger partial charge on any atom is 0.416 e. The zero-order chi connectivity index (χ0) is 16.3. The third kappa shape index (κ3) is 3.35. The second-order valence-corrected chi connectivity index (χ2v) is 5.30. The van der Waals surface area contributed by atoms with E-state index in [4.69, 9.17) is 4.74 Å². The van der Waals surface area contributed by atoms with E-state index in [-0.39, 0.29) is 5.75 Å². The summed E-state index contributed by atoms with van der Waals surface area (Å²) in [5.41, 5.74) is 3.31. The Morgan fingerprint density at radius 2 is 2.05 bits per heavy atom. The van der Waals surface area contributed by atoms with Gasteiger partial charge in [0, 0.05) is 12.1 Å². The minimum Gasteiger partial charge on any atom is -0.496 e. The largest absolute Gasteiger partial charge is 0.496 e. The molecule has 0 bridgehead atoms. The van der Waals surface area contributed by atoms with Crippen LogP contribution in [0.5, 0.6) is 5.75 Å². The molecule has 0 unspecified atom stereocenters. The van der Waals surface area contributed by atoms with Gasteiger partial charge < -0.3 is 10.1 Å². The summed E-state index contributed by atoms with van der Waals surface area (Å²) in [5.74, 6) is 0.244. The lowest BCUT2D eigenvalue weighted by Crippen LogP contribution is -2.25. The summed E-state index contributed by atoms with van der Waals surface area (Å²) >= 11 is 0. The van der Waals surface area contributed by atoms with Crippen molar-refractivity contribution >= 4 is 5.57 Å². The Morgan fingerprint density at radius 3 is 2.59 bits per heavy atom. The van der Waals surface area contributed by atoms with Crippen molar-refractivity contribution in [3.05, 3.63) is 46.5 Å². The summed E-state index contributed by atoms with van der Waals surface area (Å²) in [6, 6.07) is 3.66. The molecule has 22 heavy (non-hydrogen) atoms. The molecule has 1 aromatic carbocycles. The zero-order valence-electron chi connectivity index (χ0n) is 13.0. The SMILES string of the molecule is CC=C(C1=C(C)CCNC1)c1ccc(C(F)(F)F)cc1OC. The van der Waals surface area contributed by atoms with E-state index in [9.17, 15) is 13.2 Å². The summed E-state index contributed by atoms with van der Waals surface area (Å²) in [6.45, 7) is 5.60. The van der Waals surface area contributed by atoms with Gasteiger partial charge >= 0.3 is 6.18 Å². The van der Waals surface area contributed by atoms with Gasteiger partial charge in [0.25, 0.3) is 0 Å². The number of benzene rings is 1. The molecule has 0 atom stereocenters. The van der Waals surface area contributed by atoms with Crippen molar-refractivity contribution in [3.63, 3.8) is 0 Å². The normalized spacial score (nSPS) is 16.9. The van der Waals surface area contributed by atoms with Gasteiger partial charge in [0.2, 0.25) is 0 Å². The van der Waals surface area contributed by atoms with Crippen LogP contribution in [0.15, 0.2) is 35.4 Å². The molecule has 0 saturated carbocycles. The Balaban J connectivity index is 2.51. The summed E-state index contributed by atoms with van der Waals surface area (Å²) in [4.78, 5) is 0. The van der Waals surface area contributed by atoms with E-state index in [1.54, 1.807) is 0 Å². The van der Waals surface area contributed by atoms with Gasteiger partial charge in [0.05, 0.1) is 12.7 Å². The number of halogens is 3. The van der Waals surface area contributed by atoms with E-state index in [0.29, 0.717) is 5.56 Å². The van der Waals surface area contributed by atoms with Crippen LogP contribution in [0.3, 0.4) is 0 Å². The van der Waals surface area contributed by atoms with Gasteiger partial charge in [0.15, 0.2) is 0 Å². The molecule has 1 aliphatic heterocycles. The monoisotopic (exact) mass is 311 g/mol. The molecule has 120 valence electrons. The van der Waals surface area contributed by atoms with Crippen molar-refractivity contribution in [1.82, 2.24) is 5.32 Å². The van der Waals surface area contributed by atoms with Crippen LogP contribution in [0.1, 0.15) is 31.4 Å². The van der Waals surface area contributed by atoms with Crippen LogP contribution in [0.4, 0.5) is 13.2 Å². The molecule has 0 amide bonds. The molecule has 0 radical (unpaired) electrons. The molecule has 0 aromatic heterocycles. The number of ether oxygens (including phenoxy) is 1. The number of allylic oxidation sites excluding steroid dienone is 1. The van der Waals surface area contributed by atoms with Crippen molar-refractivity contribution in [2.75, 3.05) is 20.2 Å². The molecule has 2 nitrogen and oxygen atoms in total. The lowest BCUT2D eigenvalue weighted by Gasteiger charge is -2.23. The molecule has 2 rings (SSSR count). The van der Waals surface area contributed by atoms with Crippen LogP contribution in [-0.4, -0.2) is 20.2 Å². The molecule has 0 aliphatic carbocycles. The Morgan fingerprint density at radius 1 is 1.32 bits per heavy atom. The Labute approximate surface area is 128 Å². The Hall–Kier alpha value is -1.75.